The molecule has 0 unspecified atom stereocenters. The standard InChI is InChI=1S/C18H15Cl6N3O2/c19-17(20,21)15-25-13(26-16(27-15)18(22,23)24)10-6-8-11(9-7-10)14(28)29-12-4-2-1-3-5-12/h6-9,12H,1-5H2. The second-order valence-electron chi connectivity index (χ2n) is 6.54. The van der Waals surface area contributed by atoms with Gasteiger partial charge in [-0.05, 0) is 37.8 Å². The fourth-order valence-corrected chi connectivity index (χ4v) is 3.42. The van der Waals surface area contributed by atoms with Crippen LogP contribution in [0.4, 0.5) is 0 Å². The van der Waals surface area contributed by atoms with Gasteiger partial charge >= 0.3 is 5.97 Å². The van der Waals surface area contributed by atoms with Crippen LogP contribution < -0.4 is 0 Å². The van der Waals surface area contributed by atoms with Crippen LogP contribution >= 0.6 is 69.6 Å². The van der Waals surface area contributed by atoms with Gasteiger partial charge in [-0.1, -0.05) is 88.2 Å². The van der Waals surface area contributed by atoms with E-state index in [0.29, 0.717) is 11.1 Å². The Morgan fingerprint density at radius 3 is 1.83 bits per heavy atom. The van der Waals surface area contributed by atoms with Gasteiger partial charge in [-0.3, -0.25) is 0 Å². The Labute approximate surface area is 198 Å². The molecule has 1 aromatic carbocycles. The summed E-state index contributed by atoms with van der Waals surface area (Å²) in [6, 6.07) is 6.48. The van der Waals surface area contributed by atoms with E-state index >= 15 is 0 Å². The highest BCUT2D eigenvalue weighted by atomic mass is 35.6. The number of hydrogen-bond acceptors (Lipinski definition) is 5. The van der Waals surface area contributed by atoms with Crippen molar-refractivity contribution in [3.63, 3.8) is 0 Å². The maximum Gasteiger partial charge on any atom is 0.338 e. The Morgan fingerprint density at radius 2 is 1.34 bits per heavy atom. The van der Waals surface area contributed by atoms with E-state index in [2.05, 4.69) is 15.0 Å². The topological polar surface area (TPSA) is 65.0 Å². The molecular formula is C18H15Cl6N3O2. The molecule has 0 amide bonds. The first-order chi connectivity index (χ1) is 13.5. The summed E-state index contributed by atoms with van der Waals surface area (Å²) < 4.78 is 1.69. The van der Waals surface area contributed by atoms with Gasteiger partial charge in [0.05, 0.1) is 5.56 Å². The van der Waals surface area contributed by atoms with Crippen molar-refractivity contribution in [1.29, 1.82) is 0 Å². The predicted molar refractivity (Wildman–Crippen MR) is 116 cm³/mol. The van der Waals surface area contributed by atoms with Gasteiger partial charge in [0.25, 0.3) is 0 Å². The molecule has 156 valence electrons. The third-order valence-corrected chi connectivity index (χ3v) is 5.36. The molecule has 11 heteroatoms. The molecule has 0 atom stereocenters. The normalized spacial score (nSPS) is 15.9. The zero-order valence-electron chi connectivity index (χ0n) is 14.8. The number of halogens is 6. The lowest BCUT2D eigenvalue weighted by Crippen LogP contribution is -2.20. The summed E-state index contributed by atoms with van der Waals surface area (Å²) >= 11 is 35.3. The second kappa shape index (κ2) is 9.29. The van der Waals surface area contributed by atoms with E-state index in [1.807, 2.05) is 0 Å². The number of aromatic nitrogens is 3. The van der Waals surface area contributed by atoms with Crippen molar-refractivity contribution >= 4 is 75.6 Å². The van der Waals surface area contributed by atoms with Crippen LogP contribution in [0.25, 0.3) is 11.4 Å². The number of rotatable bonds is 3. The van der Waals surface area contributed by atoms with Crippen molar-refractivity contribution < 1.29 is 9.53 Å². The molecule has 29 heavy (non-hydrogen) atoms. The van der Waals surface area contributed by atoms with Crippen molar-refractivity contribution in [3.05, 3.63) is 41.5 Å². The van der Waals surface area contributed by atoms with E-state index in [1.165, 1.54) is 6.42 Å². The van der Waals surface area contributed by atoms with Crippen molar-refractivity contribution in [2.45, 2.75) is 45.8 Å². The predicted octanol–water partition coefficient (Wildman–Crippen LogP) is 6.68. The van der Waals surface area contributed by atoms with Crippen LogP contribution in [0, 0.1) is 0 Å². The maximum absolute atomic E-state index is 12.4. The van der Waals surface area contributed by atoms with Gasteiger partial charge in [0.2, 0.25) is 7.59 Å². The maximum atomic E-state index is 12.4. The molecule has 0 spiro atoms. The number of nitrogens with zero attached hydrogens (tertiary/aromatic N) is 3. The fourth-order valence-electron chi connectivity index (χ4n) is 2.92. The van der Waals surface area contributed by atoms with Crippen molar-refractivity contribution in [2.24, 2.45) is 0 Å². The smallest absolute Gasteiger partial charge is 0.338 e. The Hall–Kier alpha value is -0.560. The first kappa shape index (κ1) is 23.1. The Morgan fingerprint density at radius 1 is 0.828 bits per heavy atom. The van der Waals surface area contributed by atoms with Gasteiger partial charge in [-0.2, -0.15) is 0 Å². The van der Waals surface area contributed by atoms with Gasteiger partial charge in [0.1, 0.15) is 6.10 Å². The van der Waals surface area contributed by atoms with Crippen LogP contribution in [0.15, 0.2) is 24.3 Å². The van der Waals surface area contributed by atoms with E-state index in [4.69, 9.17) is 74.3 Å². The van der Waals surface area contributed by atoms with Gasteiger partial charge in [-0.25, -0.2) is 19.7 Å². The molecule has 1 aliphatic carbocycles. The Balaban J connectivity index is 1.86. The zero-order valence-corrected chi connectivity index (χ0v) is 19.4. The van der Waals surface area contributed by atoms with Crippen molar-refractivity contribution in [2.75, 3.05) is 0 Å². The summed E-state index contributed by atoms with van der Waals surface area (Å²) in [7, 11) is 0. The van der Waals surface area contributed by atoms with Crippen LogP contribution in [0.2, 0.25) is 0 Å². The van der Waals surface area contributed by atoms with Gasteiger partial charge in [0.15, 0.2) is 17.5 Å². The zero-order chi connectivity index (χ0) is 21.2. The molecule has 1 saturated carbocycles. The van der Waals surface area contributed by atoms with E-state index in [-0.39, 0.29) is 29.5 Å². The number of carbonyl (C=O) groups excluding carboxylic acids is 1. The summed E-state index contributed by atoms with van der Waals surface area (Å²) in [5.41, 5.74) is 0.934. The van der Waals surface area contributed by atoms with E-state index < -0.39 is 7.59 Å². The van der Waals surface area contributed by atoms with E-state index in [9.17, 15) is 4.79 Å². The summed E-state index contributed by atoms with van der Waals surface area (Å²) in [5.74, 6) is -0.609. The summed E-state index contributed by atoms with van der Waals surface area (Å²) in [4.78, 5) is 24.6. The van der Waals surface area contributed by atoms with Gasteiger partial charge < -0.3 is 4.74 Å². The Kier molecular flexibility index (Phi) is 7.40. The first-order valence-electron chi connectivity index (χ1n) is 8.76. The molecule has 0 radical (unpaired) electrons. The van der Waals surface area contributed by atoms with Crippen molar-refractivity contribution in [1.82, 2.24) is 15.0 Å². The van der Waals surface area contributed by atoms with E-state index in [1.54, 1.807) is 24.3 Å². The lowest BCUT2D eigenvalue weighted by molar-refractivity contribution is 0.0211. The minimum absolute atomic E-state index is 0.0295. The molecule has 0 aliphatic heterocycles. The third kappa shape index (κ3) is 6.22. The second-order valence-corrected chi connectivity index (χ2v) is 11.1. The molecule has 0 N–H and O–H groups in total. The summed E-state index contributed by atoms with van der Waals surface area (Å²) in [6.45, 7) is 0. The lowest BCUT2D eigenvalue weighted by atomic mass is 9.98. The third-order valence-electron chi connectivity index (χ3n) is 4.35. The Bertz CT molecular complexity index is 842. The number of esters is 1. The van der Waals surface area contributed by atoms with Crippen LogP contribution in [-0.4, -0.2) is 27.0 Å². The first-order valence-corrected chi connectivity index (χ1v) is 11.0. The number of alkyl halides is 6. The molecule has 5 nitrogen and oxygen atoms in total. The molecule has 2 aromatic rings. The molecule has 0 saturated heterocycles. The number of hydrogen-bond donors (Lipinski definition) is 0. The summed E-state index contributed by atoms with van der Waals surface area (Å²) in [5, 5.41) is 0. The molecule has 0 bridgehead atoms. The lowest BCUT2D eigenvalue weighted by Gasteiger charge is -2.21. The SMILES string of the molecule is O=C(OC1CCCCC1)c1ccc(-c2nc(C(Cl)(Cl)Cl)nc(C(Cl)(Cl)Cl)n2)cc1. The molecular weight excluding hydrogens is 503 g/mol. The minimum atomic E-state index is -1.94. The number of benzene rings is 1. The van der Waals surface area contributed by atoms with E-state index in [0.717, 1.165) is 25.7 Å². The monoisotopic (exact) mass is 515 g/mol. The molecule has 1 heterocycles. The summed E-state index contributed by atoms with van der Waals surface area (Å²) in [6.07, 6.45) is 5.10. The highest BCUT2D eigenvalue weighted by Gasteiger charge is 2.34. The molecule has 1 fully saturated rings. The van der Waals surface area contributed by atoms with Gasteiger partial charge in [-0.15, -0.1) is 0 Å². The van der Waals surface area contributed by atoms with Crippen LogP contribution in [-0.2, 0) is 12.3 Å². The van der Waals surface area contributed by atoms with Crippen molar-refractivity contribution in [3.8, 4) is 11.4 Å². The number of carbonyl (C=O) groups is 1. The fraction of sp³-hybridized carbons (Fsp3) is 0.444. The minimum Gasteiger partial charge on any atom is -0.459 e. The average Bonchev–Trinajstić information content (AvgIpc) is 2.67. The van der Waals surface area contributed by atoms with Crippen LogP contribution in [0.5, 0.6) is 0 Å². The highest BCUT2D eigenvalue weighted by Crippen LogP contribution is 2.40. The number of ether oxygens (including phenoxy) is 1. The molecule has 1 aliphatic rings. The quantitative estimate of drug-likeness (QED) is 0.335. The van der Waals surface area contributed by atoms with Crippen LogP contribution in [0.1, 0.15) is 54.1 Å². The highest BCUT2D eigenvalue weighted by molar-refractivity contribution is 6.67. The van der Waals surface area contributed by atoms with Crippen LogP contribution in [0.3, 0.4) is 0 Å². The molecule has 1 aromatic heterocycles. The van der Waals surface area contributed by atoms with Gasteiger partial charge in [0, 0.05) is 5.56 Å². The average molecular weight is 518 g/mol. The largest absolute Gasteiger partial charge is 0.459 e. The molecule has 3 rings (SSSR count).